The van der Waals surface area contributed by atoms with Crippen molar-refractivity contribution >= 4 is 41.0 Å². The number of benzene rings is 1. The summed E-state index contributed by atoms with van der Waals surface area (Å²) in [5.74, 6) is -1.71. The normalized spacial score (nSPS) is 20.5. The van der Waals surface area contributed by atoms with Gasteiger partial charge in [-0.2, -0.15) is 0 Å². The van der Waals surface area contributed by atoms with E-state index in [4.69, 9.17) is 5.11 Å². The predicted molar refractivity (Wildman–Crippen MR) is 85.5 cm³/mol. The fourth-order valence-corrected chi connectivity index (χ4v) is 3.19. The molecule has 0 spiro atoms. The van der Waals surface area contributed by atoms with E-state index < -0.39 is 23.2 Å². The number of amides is 2. The average molecular weight is 336 g/mol. The number of nitrogens with one attached hydrogen (secondary N) is 2. The molecule has 2 atom stereocenters. The second-order valence-corrected chi connectivity index (χ2v) is 6.34. The van der Waals surface area contributed by atoms with E-state index in [1.165, 1.54) is 6.92 Å². The van der Waals surface area contributed by atoms with Crippen LogP contribution in [-0.4, -0.2) is 45.7 Å². The second kappa shape index (κ2) is 7.28. The molecular weight excluding hydrogens is 320 g/mol. The van der Waals surface area contributed by atoms with Gasteiger partial charge in [-0.1, -0.05) is 0 Å². The van der Waals surface area contributed by atoms with Gasteiger partial charge in [-0.25, -0.2) is 4.79 Å². The number of Topliss-reactive ketones (excluding diaryl/α,β-unsaturated/α-hetero) is 1. The molecule has 0 aromatic heterocycles. The summed E-state index contributed by atoms with van der Waals surface area (Å²) in [4.78, 5) is 45.8. The van der Waals surface area contributed by atoms with E-state index in [9.17, 15) is 19.2 Å². The number of carbonyl (C=O) groups excluding carboxylic acids is 3. The molecule has 3 N–H and O–H groups in total. The summed E-state index contributed by atoms with van der Waals surface area (Å²) in [7, 11) is 0. The first-order valence-corrected chi connectivity index (χ1v) is 7.97. The van der Waals surface area contributed by atoms with Gasteiger partial charge in [0.2, 0.25) is 11.8 Å². The summed E-state index contributed by atoms with van der Waals surface area (Å²) in [5.41, 5.74) is 1.08. The van der Waals surface area contributed by atoms with Gasteiger partial charge in [-0.15, -0.1) is 11.8 Å². The highest BCUT2D eigenvalue weighted by Gasteiger charge is 2.33. The van der Waals surface area contributed by atoms with Crippen LogP contribution in [0.2, 0.25) is 0 Å². The van der Waals surface area contributed by atoms with Crippen LogP contribution in [0.15, 0.2) is 24.3 Å². The lowest BCUT2D eigenvalue weighted by Gasteiger charge is -2.25. The molecule has 1 aliphatic rings. The lowest BCUT2D eigenvalue weighted by atomic mass is 10.1. The molecule has 7 nitrogen and oxygen atoms in total. The van der Waals surface area contributed by atoms with Crippen LogP contribution in [0.1, 0.15) is 23.7 Å². The van der Waals surface area contributed by atoms with Gasteiger partial charge in [0.05, 0.1) is 5.25 Å². The van der Waals surface area contributed by atoms with Gasteiger partial charge >= 0.3 is 5.97 Å². The van der Waals surface area contributed by atoms with Crippen LogP contribution >= 0.6 is 11.8 Å². The molecule has 0 aliphatic carbocycles. The Morgan fingerprint density at radius 2 is 1.96 bits per heavy atom. The highest BCUT2D eigenvalue weighted by Crippen LogP contribution is 2.22. The molecule has 0 saturated carbocycles. The van der Waals surface area contributed by atoms with E-state index >= 15 is 0 Å². The molecule has 0 bridgehead atoms. The Morgan fingerprint density at radius 3 is 2.48 bits per heavy atom. The molecular formula is C15H16N2O5S. The highest BCUT2D eigenvalue weighted by molar-refractivity contribution is 8.00. The molecule has 1 aliphatic heterocycles. The molecule has 1 fully saturated rings. The molecule has 1 aromatic rings. The molecule has 0 radical (unpaired) electrons. The second-order valence-electron chi connectivity index (χ2n) is 5.11. The van der Waals surface area contributed by atoms with Crippen molar-refractivity contribution in [2.75, 3.05) is 11.1 Å². The van der Waals surface area contributed by atoms with E-state index in [1.807, 2.05) is 0 Å². The first-order chi connectivity index (χ1) is 10.9. The number of hydrogen-bond donors (Lipinski definition) is 3. The SMILES string of the molecule is CC(=O)c1ccc(NC(=O)C[C@H]2SC[C@@H](C(=O)O)NC2=O)cc1. The maximum absolute atomic E-state index is 12.0. The monoisotopic (exact) mass is 336 g/mol. The number of ketones is 1. The number of hydrogen-bond acceptors (Lipinski definition) is 5. The summed E-state index contributed by atoms with van der Waals surface area (Å²) in [6.07, 6.45) is -0.0443. The van der Waals surface area contributed by atoms with Crippen LogP contribution in [0.5, 0.6) is 0 Å². The van der Waals surface area contributed by atoms with Gasteiger partial charge in [-0.3, -0.25) is 14.4 Å². The van der Waals surface area contributed by atoms with Crippen LogP contribution in [0, 0.1) is 0 Å². The smallest absolute Gasteiger partial charge is 0.327 e. The number of aliphatic carboxylic acids is 1. The third kappa shape index (κ3) is 4.56. The van der Waals surface area contributed by atoms with Crippen molar-refractivity contribution in [2.24, 2.45) is 0 Å². The number of thioether (sulfide) groups is 1. The Bertz CT molecular complexity index is 644. The molecule has 0 unspecified atom stereocenters. The van der Waals surface area contributed by atoms with Crippen LogP contribution in [-0.2, 0) is 14.4 Å². The van der Waals surface area contributed by atoms with Crippen molar-refractivity contribution in [1.29, 1.82) is 0 Å². The third-order valence-corrected chi connectivity index (χ3v) is 4.63. The van der Waals surface area contributed by atoms with Crippen LogP contribution < -0.4 is 10.6 Å². The Labute approximate surface area is 136 Å². The minimum atomic E-state index is -1.08. The fourth-order valence-electron chi connectivity index (χ4n) is 2.05. The van der Waals surface area contributed by atoms with Crippen molar-refractivity contribution in [3.05, 3.63) is 29.8 Å². The topological polar surface area (TPSA) is 113 Å². The number of carbonyl (C=O) groups is 4. The average Bonchev–Trinajstić information content (AvgIpc) is 2.49. The van der Waals surface area contributed by atoms with Crippen molar-refractivity contribution in [3.63, 3.8) is 0 Å². The molecule has 1 saturated heterocycles. The molecule has 2 amide bonds. The maximum Gasteiger partial charge on any atom is 0.327 e. The molecule has 8 heteroatoms. The zero-order valence-electron chi connectivity index (χ0n) is 12.4. The summed E-state index contributed by atoms with van der Waals surface area (Å²) in [5, 5.41) is 13.3. The quantitative estimate of drug-likeness (QED) is 0.689. The Kier molecular flexibility index (Phi) is 5.38. The van der Waals surface area contributed by atoms with E-state index in [2.05, 4.69) is 10.6 Å². The molecule has 122 valence electrons. The fraction of sp³-hybridized carbons (Fsp3) is 0.333. The lowest BCUT2D eigenvalue weighted by Crippen LogP contribution is -2.51. The molecule has 2 rings (SSSR count). The van der Waals surface area contributed by atoms with Crippen molar-refractivity contribution in [2.45, 2.75) is 24.6 Å². The van der Waals surface area contributed by atoms with Crippen LogP contribution in [0.25, 0.3) is 0 Å². The number of carboxylic acid groups (broad SMARTS) is 1. The zero-order chi connectivity index (χ0) is 17.0. The van der Waals surface area contributed by atoms with Crippen LogP contribution in [0.3, 0.4) is 0 Å². The maximum atomic E-state index is 12.0. The first-order valence-electron chi connectivity index (χ1n) is 6.92. The lowest BCUT2D eigenvalue weighted by molar-refractivity contribution is -0.141. The van der Waals surface area contributed by atoms with Gasteiger partial charge in [-0.05, 0) is 31.2 Å². The largest absolute Gasteiger partial charge is 0.480 e. The van der Waals surface area contributed by atoms with Crippen molar-refractivity contribution < 1.29 is 24.3 Å². The predicted octanol–water partition coefficient (Wildman–Crippen LogP) is 0.903. The molecule has 1 heterocycles. The highest BCUT2D eigenvalue weighted by atomic mass is 32.2. The van der Waals surface area contributed by atoms with Crippen molar-refractivity contribution in [1.82, 2.24) is 5.32 Å². The van der Waals surface area contributed by atoms with Gasteiger partial charge in [0.15, 0.2) is 5.78 Å². The first kappa shape index (κ1) is 17.0. The summed E-state index contributed by atoms with van der Waals surface area (Å²) < 4.78 is 0. The molecule has 23 heavy (non-hydrogen) atoms. The Morgan fingerprint density at radius 1 is 1.30 bits per heavy atom. The number of anilines is 1. The van der Waals surface area contributed by atoms with Gasteiger partial charge in [0.25, 0.3) is 0 Å². The minimum absolute atomic E-state index is 0.0443. The Hall–Kier alpha value is -2.35. The van der Waals surface area contributed by atoms with Crippen molar-refractivity contribution in [3.8, 4) is 0 Å². The number of carboxylic acids is 1. The van der Waals surface area contributed by atoms with E-state index in [1.54, 1.807) is 24.3 Å². The van der Waals surface area contributed by atoms with E-state index in [0.29, 0.717) is 11.3 Å². The minimum Gasteiger partial charge on any atom is -0.480 e. The van der Waals surface area contributed by atoms with Gasteiger partial charge < -0.3 is 15.7 Å². The van der Waals surface area contributed by atoms with E-state index in [-0.39, 0.29) is 23.9 Å². The Balaban J connectivity index is 1.88. The summed E-state index contributed by atoms with van der Waals surface area (Å²) >= 11 is 1.15. The summed E-state index contributed by atoms with van der Waals surface area (Å²) in [6, 6.07) is 5.53. The third-order valence-electron chi connectivity index (χ3n) is 3.32. The van der Waals surface area contributed by atoms with Crippen LogP contribution in [0.4, 0.5) is 5.69 Å². The van der Waals surface area contributed by atoms with Gasteiger partial charge in [0.1, 0.15) is 6.04 Å². The number of rotatable bonds is 5. The molecule has 1 aromatic carbocycles. The van der Waals surface area contributed by atoms with Gasteiger partial charge in [0, 0.05) is 23.4 Å². The standard InChI is InChI=1S/C15H16N2O5S/c1-8(18)9-2-4-10(5-3-9)16-13(19)6-12-14(20)17-11(7-23-12)15(21)22/h2-5,11-12H,6-7H2,1H3,(H,16,19)(H,17,20)(H,21,22)/t11-,12+/m0/s1. The summed E-state index contributed by atoms with van der Waals surface area (Å²) in [6.45, 7) is 1.46. The van der Waals surface area contributed by atoms with E-state index in [0.717, 1.165) is 11.8 Å². The zero-order valence-corrected chi connectivity index (χ0v) is 13.2.